The number of para-hydroxylation sites is 2. The van der Waals surface area contributed by atoms with E-state index in [1.807, 2.05) is 37.5 Å². The zero-order valence-corrected chi connectivity index (χ0v) is 12.4. The van der Waals surface area contributed by atoms with Crippen LogP contribution in [0.2, 0.25) is 0 Å². The molecule has 1 N–H and O–H groups in total. The minimum absolute atomic E-state index is 0.628. The Labute approximate surface area is 124 Å². The lowest BCUT2D eigenvalue weighted by atomic mass is 10.3. The summed E-state index contributed by atoms with van der Waals surface area (Å²) in [6, 6.07) is 10.1. The highest BCUT2D eigenvalue weighted by Crippen LogP contribution is 2.14. The Hall–Kier alpha value is -2.43. The van der Waals surface area contributed by atoms with Gasteiger partial charge >= 0.3 is 0 Å². The third-order valence-electron chi connectivity index (χ3n) is 3.30. The van der Waals surface area contributed by atoms with Crippen LogP contribution < -0.4 is 5.32 Å². The maximum atomic E-state index is 4.58. The molecule has 0 saturated heterocycles. The first-order valence-corrected chi connectivity index (χ1v) is 7.24. The summed E-state index contributed by atoms with van der Waals surface area (Å²) in [4.78, 5) is 13.5. The Morgan fingerprint density at radius 3 is 2.90 bits per heavy atom. The van der Waals surface area contributed by atoms with Gasteiger partial charge in [0.15, 0.2) is 5.82 Å². The zero-order valence-electron chi connectivity index (χ0n) is 12.4. The maximum absolute atomic E-state index is 4.58. The Kier molecular flexibility index (Phi) is 3.81. The van der Waals surface area contributed by atoms with Crippen LogP contribution >= 0.6 is 0 Å². The van der Waals surface area contributed by atoms with E-state index in [2.05, 4.69) is 37.8 Å². The Morgan fingerprint density at radius 1 is 1.19 bits per heavy atom. The molecule has 0 unspecified atom stereocenters. The number of hydrogen-bond acceptors (Lipinski definition) is 4. The first-order chi connectivity index (χ1) is 10.3. The molecule has 0 atom stereocenters. The second-order valence-corrected chi connectivity index (χ2v) is 5.10. The second kappa shape index (κ2) is 5.91. The van der Waals surface area contributed by atoms with Crippen molar-refractivity contribution in [2.45, 2.75) is 26.8 Å². The molecule has 0 aliphatic heterocycles. The fourth-order valence-corrected chi connectivity index (χ4v) is 2.33. The maximum Gasteiger partial charge on any atom is 0.150 e. The number of imidazole rings is 1. The average molecular weight is 281 g/mol. The number of hydrogen-bond donors (Lipinski definition) is 1. The summed E-state index contributed by atoms with van der Waals surface area (Å²) in [5.74, 6) is 1.69. The summed E-state index contributed by atoms with van der Waals surface area (Å²) in [5.41, 5.74) is 3.07. The monoisotopic (exact) mass is 281 g/mol. The van der Waals surface area contributed by atoms with E-state index in [0.29, 0.717) is 6.54 Å². The molecule has 0 aliphatic rings. The Bertz CT molecular complexity index is 747. The zero-order chi connectivity index (χ0) is 14.7. The van der Waals surface area contributed by atoms with Crippen LogP contribution in [0, 0.1) is 6.92 Å². The van der Waals surface area contributed by atoms with Gasteiger partial charge < -0.3 is 9.88 Å². The van der Waals surface area contributed by atoms with Gasteiger partial charge in [-0.05, 0) is 25.5 Å². The number of aryl methyl sites for hydroxylation is 1. The molecule has 108 valence electrons. The van der Waals surface area contributed by atoms with Crippen LogP contribution in [-0.2, 0) is 6.54 Å². The van der Waals surface area contributed by atoms with Gasteiger partial charge in [0.2, 0.25) is 0 Å². The molecule has 0 aliphatic carbocycles. The highest BCUT2D eigenvalue weighted by atomic mass is 15.1. The van der Waals surface area contributed by atoms with Gasteiger partial charge in [0.25, 0.3) is 0 Å². The lowest BCUT2D eigenvalue weighted by Gasteiger charge is -2.08. The van der Waals surface area contributed by atoms with Crippen LogP contribution in [-0.4, -0.2) is 26.1 Å². The van der Waals surface area contributed by atoms with Gasteiger partial charge in [-0.2, -0.15) is 0 Å². The van der Waals surface area contributed by atoms with E-state index < -0.39 is 0 Å². The molecule has 0 radical (unpaired) electrons. The summed E-state index contributed by atoms with van der Waals surface area (Å²) in [6.07, 6.45) is 2.92. The van der Waals surface area contributed by atoms with Gasteiger partial charge in [-0.25, -0.2) is 15.0 Å². The van der Waals surface area contributed by atoms with E-state index in [-0.39, 0.29) is 0 Å². The molecule has 5 nitrogen and oxygen atoms in total. The van der Waals surface area contributed by atoms with Crippen molar-refractivity contribution >= 4 is 16.9 Å². The van der Waals surface area contributed by atoms with Crippen LogP contribution in [0.15, 0.2) is 36.7 Å². The van der Waals surface area contributed by atoms with Crippen LogP contribution in [0.1, 0.15) is 24.9 Å². The van der Waals surface area contributed by atoms with Gasteiger partial charge in [-0.1, -0.05) is 19.1 Å². The summed E-state index contributed by atoms with van der Waals surface area (Å²) in [5, 5.41) is 3.32. The third-order valence-corrected chi connectivity index (χ3v) is 3.30. The number of anilines is 1. The predicted molar refractivity (Wildman–Crippen MR) is 84.4 cm³/mol. The smallest absolute Gasteiger partial charge is 0.150 e. The van der Waals surface area contributed by atoms with E-state index in [1.165, 1.54) is 0 Å². The van der Waals surface area contributed by atoms with Crippen molar-refractivity contribution in [2.24, 2.45) is 0 Å². The molecule has 3 aromatic rings. The normalized spacial score (nSPS) is 11.0. The molecule has 2 aromatic heterocycles. The van der Waals surface area contributed by atoms with E-state index >= 15 is 0 Å². The van der Waals surface area contributed by atoms with Crippen molar-refractivity contribution in [3.05, 3.63) is 48.2 Å². The SMILES string of the molecule is CCCNc1cc(C)nc(Cn2cnc3ccccc32)n1. The van der Waals surface area contributed by atoms with Gasteiger partial charge in [-0.15, -0.1) is 0 Å². The number of nitrogens with zero attached hydrogens (tertiary/aromatic N) is 4. The molecule has 5 heteroatoms. The molecule has 3 rings (SSSR count). The molecule has 0 saturated carbocycles. The van der Waals surface area contributed by atoms with E-state index in [0.717, 1.165) is 41.3 Å². The van der Waals surface area contributed by atoms with Crippen molar-refractivity contribution in [2.75, 3.05) is 11.9 Å². The predicted octanol–water partition coefficient (Wildman–Crippen LogP) is 3.00. The number of rotatable bonds is 5. The van der Waals surface area contributed by atoms with Crippen molar-refractivity contribution in [3.63, 3.8) is 0 Å². The summed E-state index contributed by atoms with van der Waals surface area (Å²) >= 11 is 0. The second-order valence-electron chi connectivity index (χ2n) is 5.10. The fraction of sp³-hybridized carbons (Fsp3) is 0.312. The summed E-state index contributed by atoms with van der Waals surface area (Å²) in [7, 11) is 0. The Morgan fingerprint density at radius 2 is 2.05 bits per heavy atom. The molecule has 0 bridgehead atoms. The number of nitrogens with one attached hydrogen (secondary N) is 1. The summed E-state index contributed by atoms with van der Waals surface area (Å²) < 4.78 is 2.08. The first kappa shape index (κ1) is 13.5. The lowest BCUT2D eigenvalue weighted by Crippen LogP contribution is -2.09. The van der Waals surface area contributed by atoms with Gasteiger partial charge in [0, 0.05) is 18.3 Å². The van der Waals surface area contributed by atoms with Crippen molar-refractivity contribution in [1.29, 1.82) is 0 Å². The van der Waals surface area contributed by atoms with Crippen LogP contribution in [0.25, 0.3) is 11.0 Å². The molecule has 1 aromatic carbocycles. The van der Waals surface area contributed by atoms with E-state index in [4.69, 9.17) is 0 Å². The minimum Gasteiger partial charge on any atom is -0.370 e. The minimum atomic E-state index is 0.628. The number of fused-ring (bicyclic) bond motifs is 1. The fourth-order valence-electron chi connectivity index (χ4n) is 2.33. The molecular weight excluding hydrogens is 262 g/mol. The van der Waals surface area contributed by atoms with Gasteiger partial charge in [0.05, 0.1) is 23.9 Å². The van der Waals surface area contributed by atoms with Crippen molar-refractivity contribution in [3.8, 4) is 0 Å². The molecule has 0 spiro atoms. The number of aromatic nitrogens is 4. The highest BCUT2D eigenvalue weighted by molar-refractivity contribution is 5.74. The summed E-state index contributed by atoms with van der Waals surface area (Å²) in [6.45, 7) is 5.68. The topological polar surface area (TPSA) is 55.6 Å². The number of benzene rings is 1. The molecule has 21 heavy (non-hydrogen) atoms. The average Bonchev–Trinajstić information content (AvgIpc) is 2.88. The molecule has 0 amide bonds. The van der Waals surface area contributed by atoms with Crippen LogP contribution in [0.5, 0.6) is 0 Å². The molecular formula is C16H19N5. The third kappa shape index (κ3) is 3.02. The van der Waals surface area contributed by atoms with Crippen molar-refractivity contribution in [1.82, 2.24) is 19.5 Å². The molecule has 0 fully saturated rings. The van der Waals surface area contributed by atoms with Gasteiger partial charge in [-0.3, -0.25) is 0 Å². The highest BCUT2D eigenvalue weighted by Gasteiger charge is 2.06. The van der Waals surface area contributed by atoms with Gasteiger partial charge in [0.1, 0.15) is 5.82 Å². The lowest BCUT2D eigenvalue weighted by molar-refractivity contribution is 0.757. The standard InChI is InChI=1S/C16H19N5/c1-3-8-17-15-9-12(2)19-16(20-15)10-21-11-18-13-6-4-5-7-14(13)21/h4-7,9,11H,3,8,10H2,1-2H3,(H,17,19,20). The largest absolute Gasteiger partial charge is 0.370 e. The molecule has 2 heterocycles. The van der Waals surface area contributed by atoms with Crippen molar-refractivity contribution < 1.29 is 0 Å². The van der Waals surface area contributed by atoms with E-state index in [9.17, 15) is 0 Å². The quantitative estimate of drug-likeness (QED) is 0.781. The van der Waals surface area contributed by atoms with E-state index in [1.54, 1.807) is 0 Å². The van der Waals surface area contributed by atoms with Crippen LogP contribution in [0.3, 0.4) is 0 Å². The first-order valence-electron chi connectivity index (χ1n) is 7.24. The Balaban J connectivity index is 1.88. The van der Waals surface area contributed by atoms with Crippen LogP contribution in [0.4, 0.5) is 5.82 Å².